The van der Waals surface area contributed by atoms with Crippen LogP contribution in [0.4, 0.5) is 4.79 Å². The van der Waals surface area contributed by atoms with Gasteiger partial charge < -0.3 is 19.8 Å². The summed E-state index contributed by atoms with van der Waals surface area (Å²) < 4.78 is 9.98. The smallest absolute Gasteiger partial charge is 0.408 e. The summed E-state index contributed by atoms with van der Waals surface area (Å²) in [5.41, 5.74) is -0.907. The molecule has 0 saturated heterocycles. The second-order valence-corrected chi connectivity index (χ2v) is 5.85. The molecule has 0 aliphatic heterocycles. The van der Waals surface area contributed by atoms with Gasteiger partial charge >= 0.3 is 12.1 Å². The molecular formula is C13H19N3O4. The SMILES string of the molecule is COC(=O)[C@@]1(NC(=O)OC(C)(C)C)C[C@@H]1c1cnc[nH]1. The highest BCUT2D eigenvalue weighted by atomic mass is 16.6. The number of nitrogens with one attached hydrogen (secondary N) is 2. The molecule has 110 valence electrons. The number of H-pyrrole nitrogens is 1. The molecule has 7 nitrogen and oxygen atoms in total. The van der Waals surface area contributed by atoms with Gasteiger partial charge in [-0.25, -0.2) is 14.6 Å². The Balaban J connectivity index is 2.11. The average Bonchev–Trinajstić information content (AvgIpc) is 2.82. The normalized spacial score (nSPS) is 24.9. The minimum absolute atomic E-state index is 0.176. The second kappa shape index (κ2) is 4.81. The van der Waals surface area contributed by atoms with Gasteiger partial charge in [0, 0.05) is 17.8 Å². The molecule has 1 aliphatic carbocycles. The number of nitrogens with zero attached hydrogens (tertiary/aromatic N) is 1. The van der Waals surface area contributed by atoms with Gasteiger partial charge in [0.15, 0.2) is 0 Å². The molecule has 0 spiro atoms. The molecule has 2 N–H and O–H groups in total. The Hall–Kier alpha value is -2.05. The van der Waals surface area contributed by atoms with Gasteiger partial charge in [-0.2, -0.15) is 0 Å². The van der Waals surface area contributed by atoms with Crippen molar-refractivity contribution >= 4 is 12.1 Å². The first-order valence-electron chi connectivity index (χ1n) is 6.36. The van der Waals surface area contributed by atoms with Crippen molar-refractivity contribution in [3.63, 3.8) is 0 Å². The molecule has 0 bridgehead atoms. The lowest BCUT2D eigenvalue weighted by atomic mass is 10.1. The average molecular weight is 281 g/mol. The highest BCUT2D eigenvalue weighted by Gasteiger charge is 2.64. The highest BCUT2D eigenvalue weighted by Crippen LogP contribution is 2.51. The van der Waals surface area contributed by atoms with E-state index >= 15 is 0 Å². The van der Waals surface area contributed by atoms with Crippen LogP contribution in [-0.2, 0) is 14.3 Å². The number of hydrogen-bond acceptors (Lipinski definition) is 5. The lowest BCUT2D eigenvalue weighted by Crippen LogP contribution is -2.47. The van der Waals surface area contributed by atoms with Crippen molar-refractivity contribution in [3.05, 3.63) is 18.2 Å². The van der Waals surface area contributed by atoms with Crippen molar-refractivity contribution in [1.82, 2.24) is 15.3 Å². The maximum atomic E-state index is 12.0. The van der Waals surface area contributed by atoms with Crippen LogP contribution in [0, 0.1) is 0 Å². The molecular weight excluding hydrogens is 262 g/mol. The topological polar surface area (TPSA) is 93.3 Å². The molecule has 1 aromatic rings. The third-order valence-corrected chi connectivity index (χ3v) is 3.13. The van der Waals surface area contributed by atoms with Crippen molar-refractivity contribution in [3.8, 4) is 0 Å². The number of amides is 1. The minimum Gasteiger partial charge on any atom is -0.467 e. The van der Waals surface area contributed by atoms with E-state index in [-0.39, 0.29) is 5.92 Å². The standard InChI is InChI=1S/C13H19N3O4/c1-12(2,3)20-11(18)16-13(10(17)19-4)5-8(13)9-6-14-7-15-9/h6-8H,5H2,1-4H3,(H,14,15)(H,16,18)/t8-,13-/m1/s1. The molecule has 0 aromatic carbocycles. The van der Waals surface area contributed by atoms with Crippen LogP contribution >= 0.6 is 0 Å². The van der Waals surface area contributed by atoms with Gasteiger partial charge in [0.2, 0.25) is 0 Å². The molecule has 1 heterocycles. The van der Waals surface area contributed by atoms with Crippen LogP contribution in [0.3, 0.4) is 0 Å². The van der Waals surface area contributed by atoms with E-state index in [0.717, 1.165) is 5.69 Å². The van der Waals surface area contributed by atoms with E-state index in [1.807, 2.05) is 0 Å². The molecule has 0 radical (unpaired) electrons. The number of esters is 1. The van der Waals surface area contributed by atoms with E-state index < -0.39 is 23.2 Å². The summed E-state index contributed by atoms with van der Waals surface area (Å²) in [7, 11) is 1.29. The fraction of sp³-hybridized carbons (Fsp3) is 0.615. The minimum atomic E-state index is -1.07. The van der Waals surface area contributed by atoms with Gasteiger partial charge in [0.1, 0.15) is 11.1 Å². The summed E-state index contributed by atoms with van der Waals surface area (Å²) in [6.45, 7) is 5.28. The van der Waals surface area contributed by atoms with Crippen LogP contribution < -0.4 is 5.32 Å². The number of alkyl carbamates (subject to hydrolysis) is 1. The number of ether oxygens (including phenoxy) is 2. The van der Waals surface area contributed by atoms with Crippen molar-refractivity contribution in [2.75, 3.05) is 7.11 Å². The lowest BCUT2D eigenvalue weighted by Gasteiger charge is -2.23. The Kier molecular flexibility index (Phi) is 3.45. The third-order valence-electron chi connectivity index (χ3n) is 3.13. The molecule has 1 amide bonds. The second-order valence-electron chi connectivity index (χ2n) is 5.85. The van der Waals surface area contributed by atoms with Gasteiger partial charge in [-0.05, 0) is 27.2 Å². The fourth-order valence-electron chi connectivity index (χ4n) is 2.18. The zero-order valence-electron chi connectivity index (χ0n) is 12.0. The summed E-state index contributed by atoms with van der Waals surface area (Å²) in [5.74, 6) is -0.659. The lowest BCUT2D eigenvalue weighted by molar-refractivity contribution is -0.144. The fourth-order valence-corrected chi connectivity index (χ4v) is 2.18. The third kappa shape index (κ3) is 2.76. The van der Waals surface area contributed by atoms with E-state index in [9.17, 15) is 9.59 Å². The van der Waals surface area contributed by atoms with Crippen LogP contribution in [0.25, 0.3) is 0 Å². The van der Waals surface area contributed by atoms with Crippen LogP contribution in [0.5, 0.6) is 0 Å². The molecule has 1 saturated carbocycles. The maximum Gasteiger partial charge on any atom is 0.408 e. The molecule has 1 aliphatic rings. The Bertz CT molecular complexity index is 506. The Morgan fingerprint density at radius 2 is 2.20 bits per heavy atom. The van der Waals surface area contributed by atoms with E-state index in [4.69, 9.17) is 9.47 Å². The van der Waals surface area contributed by atoms with E-state index in [2.05, 4.69) is 15.3 Å². The van der Waals surface area contributed by atoms with Crippen molar-refractivity contribution in [2.45, 2.75) is 44.2 Å². The van der Waals surface area contributed by atoms with Crippen molar-refractivity contribution < 1.29 is 19.1 Å². The number of hydrogen-bond donors (Lipinski definition) is 2. The number of methoxy groups -OCH3 is 1. The van der Waals surface area contributed by atoms with Crippen molar-refractivity contribution in [1.29, 1.82) is 0 Å². The Morgan fingerprint density at radius 3 is 2.70 bits per heavy atom. The van der Waals surface area contributed by atoms with Gasteiger partial charge in [0.25, 0.3) is 0 Å². The first-order chi connectivity index (χ1) is 9.28. The van der Waals surface area contributed by atoms with Crippen LogP contribution in [-0.4, -0.2) is 40.3 Å². The summed E-state index contributed by atoms with van der Waals surface area (Å²) in [5, 5.41) is 2.63. The number of carbonyl (C=O) groups excluding carboxylic acids is 2. The summed E-state index contributed by atoms with van der Waals surface area (Å²) >= 11 is 0. The Labute approximate surface area is 117 Å². The largest absolute Gasteiger partial charge is 0.467 e. The van der Waals surface area contributed by atoms with E-state index in [1.54, 1.807) is 27.0 Å². The Morgan fingerprint density at radius 1 is 1.50 bits per heavy atom. The van der Waals surface area contributed by atoms with E-state index in [1.165, 1.54) is 13.4 Å². The van der Waals surface area contributed by atoms with Gasteiger partial charge in [-0.3, -0.25) is 0 Å². The first-order valence-corrected chi connectivity index (χ1v) is 6.36. The molecule has 1 fully saturated rings. The summed E-state index contributed by atoms with van der Waals surface area (Å²) in [4.78, 5) is 30.7. The van der Waals surface area contributed by atoms with Gasteiger partial charge in [-0.15, -0.1) is 0 Å². The van der Waals surface area contributed by atoms with E-state index in [0.29, 0.717) is 6.42 Å². The molecule has 7 heteroatoms. The molecule has 20 heavy (non-hydrogen) atoms. The van der Waals surface area contributed by atoms with Crippen LogP contribution in [0.2, 0.25) is 0 Å². The number of aromatic amines is 1. The van der Waals surface area contributed by atoms with Gasteiger partial charge in [-0.1, -0.05) is 0 Å². The van der Waals surface area contributed by atoms with Crippen LogP contribution in [0.15, 0.2) is 12.5 Å². The summed E-state index contributed by atoms with van der Waals surface area (Å²) in [6.07, 6.45) is 2.99. The first kappa shape index (κ1) is 14.4. The maximum absolute atomic E-state index is 12.0. The number of imidazole rings is 1. The zero-order valence-corrected chi connectivity index (χ0v) is 12.0. The zero-order chi connectivity index (χ0) is 15.0. The predicted octanol–water partition coefficient (Wildman–Crippen LogP) is 1.33. The molecule has 2 atom stereocenters. The van der Waals surface area contributed by atoms with Crippen LogP contribution in [0.1, 0.15) is 38.8 Å². The molecule has 2 rings (SSSR count). The monoisotopic (exact) mass is 281 g/mol. The van der Waals surface area contributed by atoms with Crippen molar-refractivity contribution in [2.24, 2.45) is 0 Å². The summed E-state index contributed by atoms with van der Waals surface area (Å²) in [6, 6.07) is 0. The molecule has 0 unspecified atom stereocenters. The highest BCUT2D eigenvalue weighted by molar-refractivity contribution is 5.91. The quantitative estimate of drug-likeness (QED) is 0.815. The van der Waals surface area contributed by atoms with Gasteiger partial charge in [0.05, 0.1) is 13.4 Å². The number of aromatic nitrogens is 2. The predicted molar refractivity (Wildman–Crippen MR) is 70.1 cm³/mol. The number of carbonyl (C=O) groups is 2. The molecule has 1 aromatic heterocycles. The number of rotatable bonds is 3.